The Hall–Kier alpha value is -1.10. The molecular weight excluding hydrogens is 264 g/mol. The lowest BCUT2D eigenvalue weighted by molar-refractivity contribution is -0.136. The molecule has 0 aliphatic carbocycles. The van der Waals surface area contributed by atoms with E-state index in [4.69, 9.17) is 28.2 Å². The van der Waals surface area contributed by atoms with Crippen LogP contribution in [0.1, 0.15) is 44.4 Å². The van der Waals surface area contributed by atoms with Crippen LogP contribution in [0.3, 0.4) is 0 Å². The number of benzene rings is 1. The number of carboxylic acids is 1. The van der Waals surface area contributed by atoms with E-state index >= 15 is 0 Å². The molecule has 106 valence electrons. The average molecular weight is 285 g/mol. The van der Waals surface area contributed by atoms with Gasteiger partial charge >= 0.3 is 5.97 Å². The summed E-state index contributed by atoms with van der Waals surface area (Å²) in [7, 11) is 0. The molecule has 0 fully saturated rings. The number of rotatable bonds is 4. The number of carbonyl (C=O) groups is 1. The molecule has 0 bridgehead atoms. The molecule has 0 aromatic heterocycles. The van der Waals surface area contributed by atoms with E-state index in [1.807, 2.05) is 27.7 Å². The summed E-state index contributed by atoms with van der Waals surface area (Å²) < 4.78 is 0. The summed E-state index contributed by atoms with van der Waals surface area (Å²) in [6.07, 6.45) is -0.0800. The molecule has 1 aromatic carbocycles. The maximum atomic E-state index is 10.9. The SMILES string of the molecule is CC(C)(N)c1cc(CC(=O)O)cc(C(C)(C)N)c1Cl. The van der Waals surface area contributed by atoms with Crippen LogP contribution < -0.4 is 11.5 Å². The van der Waals surface area contributed by atoms with E-state index in [9.17, 15) is 4.79 Å². The predicted octanol–water partition coefficient (Wildman–Crippen LogP) is 2.35. The van der Waals surface area contributed by atoms with Gasteiger partial charge in [0.2, 0.25) is 0 Å². The molecule has 19 heavy (non-hydrogen) atoms. The fraction of sp³-hybridized carbons (Fsp3) is 0.500. The van der Waals surface area contributed by atoms with Crippen molar-refractivity contribution in [1.29, 1.82) is 0 Å². The van der Waals surface area contributed by atoms with Gasteiger partial charge < -0.3 is 16.6 Å². The number of hydrogen-bond donors (Lipinski definition) is 3. The number of hydrogen-bond acceptors (Lipinski definition) is 3. The van der Waals surface area contributed by atoms with Gasteiger partial charge in [0.05, 0.1) is 11.4 Å². The van der Waals surface area contributed by atoms with Gasteiger partial charge in [-0.1, -0.05) is 23.7 Å². The highest BCUT2D eigenvalue weighted by atomic mass is 35.5. The Labute approximate surface area is 118 Å². The van der Waals surface area contributed by atoms with Crippen LogP contribution in [-0.4, -0.2) is 11.1 Å². The summed E-state index contributed by atoms with van der Waals surface area (Å²) in [4.78, 5) is 10.9. The fourth-order valence-electron chi connectivity index (χ4n) is 1.90. The number of halogens is 1. The highest BCUT2D eigenvalue weighted by molar-refractivity contribution is 6.32. The summed E-state index contributed by atoms with van der Waals surface area (Å²) in [5.74, 6) is -0.899. The average Bonchev–Trinajstić information content (AvgIpc) is 2.16. The molecule has 1 rings (SSSR count). The van der Waals surface area contributed by atoms with E-state index in [-0.39, 0.29) is 6.42 Å². The minimum atomic E-state index is -0.899. The molecule has 0 saturated heterocycles. The molecule has 0 aliphatic heterocycles. The van der Waals surface area contributed by atoms with Gasteiger partial charge in [0.25, 0.3) is 0 Å². The first-order valence-corrected chi connectivity index (χ1v) is 6.43. The van der Waals surface area contributed by atoms with Gasteiger partial charge in [0.15, 0.2) is 0 Å². The van der Waals surface area contributed by atoms with Crippen LogP contribution in [0, 0.1) is 0 Å². The van der Waals surface area contributed by atoms with Crippen molar-refractivity contribution in [3.63, 3.8) is 0 Å². The number of carboxylic acid groups (broad SMARTS) is 1. The third-order valence-electron chi connectivity index (χ3n) is 2.88. The van der Waals surface area contributed by atoms with Gasteiger partial charge in [-0.3, -0.25) is 4.79 Å². The minimum Gasteiger partial charge on any atom is -0.481 e. The van der Waals surface area contributed by atoms with Crippen LogP contribution in [0.5, 0.6) is 0 Å². The standard InChI is InChI=1S/C14H21ClN2O2/c1-13(2,16)9-5-8(7-11(18)19)6-10(12(9)15)14(3,4)17/h5-6H,7,16-17H2,1-4H3,(H,18,19). The van der Waals surface area contributed by atoms with Crippen molar-refractivity contribution in [2.24, 2.45) is 11.5 Å². The Morgan fingerprint density at radius 1 is 1.16 bits per heavy atom. The topological polar surface area (TPSA) is 89.3 Å². The Kier molecular flexibility index (Phi) is 4.30. The zero-order valence-corrected chi connectivity index (χ0v) is 12.5. The normalized spacial score (nSPS) is 12.6. The van der Waals surface area contributed by atoms with Crippen LogP contribution >= 0.6 is 11.6 Å². The zero-order valence-electron chi connectivity index (χ0n) is 11.7. The van der Waals surface area contributed by atoms with Crippen molar-refractivity contribution in [3.8, 4) is 0 Å². The second-order valence-electron chi connectivity index (χ2n) is 6.02. The number of nitrogens with two attached hydrogens (primary N) is 2. The Balaban J connectivity index is 3.52. The monoisotopic (exact) mass is 284 g/mol. The lowest BCUT2D eigenvalue weighted by atomic mass is 9.86. The maximum absolute atomic E-state index is 10.9. The molecule has 0 amide bonds. The first-order valence-electron chi connectivity index (χ1n) is 6.06. The van der Waals surface area contributed by atoms with E-state index in [1.165, 1.54) is 0 Å². The van der Waals surface area contributed by atoms with E-state index in [0.717, 1.165) is 0 Å². The van der Waals surface area contributed by atoms with Crippen molar-refractivity contribution in [2.75, 3.05) is 0 Å². The molecule has 0 radical (unpaired) electrons. The first-order chi connectivity index (χ1) is 8.43. The Morgan fingerprint density at radius 2 is 1.53 bits per heavy atom. The molecule has 0 atom stereocenters. The Bertz CT molecular complexity index is 464. The summed E-state index contributed by atoms with van der Waals surface area (Å²) in [6.45, 7) is 7.30. The molecule has 0 aliphatic rings. The summed E-state index contributed by atoms with van der Waals surface area (Å²) >= 11 is 6.38. The molecule has 5 heteroatoms. The van der Waals surface area contributed by atoms with Crippen molar-refractivity contribution >= 4 is 17.6 Å². The molecule has 5 N–H and O–H groups in total. The van der Waals surface area contributed by atoms with Gasteiger partial charge in [-0.25, -0.2) is 0 Å². The zero-order chi connectivity index (χ0) is 15.0. The maximum Gasteiger partial charge on any atom is 0.307 e. The van der Waals surface area contributed by atoms with Gasteiger partial charge in [-0.05, 0) is 44.4 Å². The summed E-state index contributed by atoms with van der Waals surface area (Å²) in [5.41, 5.74) is 12.9. The van der Waals surface area contributed by atoms with Gasteiger partial charge in [-0.15, -0.1) is 0 Å². The lowest BCUT2D eigenvalue weighted by Gasteiger charge is -2.28. The van der Waals surface area contributed by atoms with E-state index in [1.54, 1.807) is 12.1 Å². The van der Waals surface area contributed by atoms with E-state index in [0.29, 0.717) is 21.7 Å². The minimum absolute atomic E-state index is 0.0800. The van der Waals surface area contributed by atoms with E-state index < -0.39 is 17.0 Å². The summed E-state index contributed by atoms with van der Waals surface area (Å²) in [6, 6.07) is 3.48. The van der Waals surface area contributed by atoms with Gasteiger partial charge in [-0.2, -0.15) is 0 Å². The molecule has 0 unspecified atom stereocenters. The van der Waals surface area contributed by atoms with Crippen LogP contribution in [0.15, 0.2) is 12.1 Å². The van der Waals surface area contributed by atoms with Crippen LogP contribution in [-0.2, 0) is 22.3 Å². The van der Waals surface area contributed by atoms with Crippen LogP contribution in [0.4, 0.5) is 0 Å². The lowest BCUT2D eigenvalue weighted by Crippen LogP contribution is -2.33. The fourth-order valence-corrected chi connectivity index (χ4v) is 2.49. The molecular formula is C14H21ClN2O2. The molecule has 1 aromatic rings. The van der Waals surface area contributed by atoms with Crippen molar-refractivity contribution in [1.82, 2.24) is 0 Å². The smallest absolute Gasteiger partial charge is 0.307 e. The highest BCUT2D eigenvalue weighted by Crippen LogP contribution is 2.35. The predicted molar refractivity (Wildman–Crippen MR) is 77.2 cm³/mol. The molecule has 0 heterocycles. The first kappa shape index (κ1) is 16.0. The van der Waals surface area contributed by atoms with Crippen molar-refractivity contribution in [3.05, 3.63) is 33.8 Å². The third-order valence-corrected chi connectivity index (χ3v) is 3.28. The third kappa shape index (κ3) is 3.93. The quantitative estimate of drug-likeness (QED) is 0.792. The molecule has 4 nitrogen and oxygen atoms in total. The van der Waals surface area contributed by atoms with Crippen LogP contribution in [0.25, 0.3) is 0 Å². The largest absolute Gasteiger partial charge is 0.481 e. The van der Waals surface area contributed by atoms with E-state index in [2.05, 4.69) is 0 Å². The van der Waals surface area contributed by atoms with Crippen molar-refractivity contribution < 1.29 is 9.90 Å². The second kappa shape index (κ2) is 5.12. The van der Waals surface area contributed by atoms with Gasteiger partial charge in [0.1, 0.15) is 0 Å². The summed E-state index contributed by atoms with van der Waals surface area (Å²) in [5, 5.41) is 9.44. The highest BCUT2D eigenvalue weighted by Gasteiger charge is 2.26. The number of aliphatic carboxylic acids is 1. The molecule has 0 spiro atoms. The van der Waals surface area contributed by atoms with Crippen LogP contribution in [0.2, 0.25) is 5.02 Å². The second-order valence-corrected chi connectivity index (χ2v) is 6.40. The van der Waals surface area contributed by atoms with Crippen molar-refractivity contribution in [2.45, 2.75) is 45.2 Å². The molecule has 0 saturated carbocycles. The van der Waals surface area contributed by atoms with Gasteiger partial charge in [0, 0.05) is 11.1 Å². The Morgan fingerprint density at radius 3 is 1.79 bits per heavy atom.